The summed E-state index contributed by atoms with van der Waals surface area (Å²) in [4.78, 5) is 14.1. The number of rotatable bonds is 6. The molecule has 0 bridgehead atoms. The van der Waals surface area contributed by atoms with Crippen molar-refractivity contribution in [3.8, 4) is 0 Å². The molecule has 0 aliphatic carbocycles. The van der Waals surface area contributed by atoms with E-state index in [1.165, 1.54) is 18.3 Å². The van der Waals surface area contributed by atoms with E-state index in [1.807, 2.05) is 0 Å². The van der Waals surface area contributed by atoms with E-state index in [-0.39, 0.29) is 5.69 Å². The second kappa shape index (κ2) is 5.95. The summed E-state index contributed by atoms with van der Waals surface area (Å²) in [6.45, 7) is 2.94. The Kier molecular flexibility index (Phi) is 4.53. The first-order valence-corrected chi connectivity index (χ1v) is 5.08. The summed E-state index contributed by atoms with van der Waals surface area (Å²) >= 11 is 0. The molecule has 0 aliphatic rings. The highest BCUT2D eigenvalue weighted by Gasteiger charge is 2.05. The zero-order valence-electron chi connectivity index (χ0n) is 8.77. The number of aromatic nitrogens is 1. The summed E-state index contributed by atoms with van der Waals surface area (Å²) in [7, 11) is 0. The first kappa shape index (κ1) is 11.4. The Bertz CT molecular complexity index is 328. The van der Waals surface area contributed by atoms with Crippen molar-refractivity contribution < 1.29 is 4.92 Å². The first-order valence-electron chi connectivity index (χ1n) is 5.08. The van der Waals surface area contributed by atoms with E-state index < -0.39 is 4.92 Å². The average molecular weight is 209 g/mol. The maximum atomic E-state index is 10.5. The van der Waals surface area contributed by atoms with E-state index in [0.29, 0.717) is 5.82 Å². The van der Waals surface area contributed by atoms with Crippen LogP contribution in [0.2, 0.25) is 0 Å². The summed E-state index contributed by atoms with van der Waals surface area (Å²) in [6, 6.07) is 2.84. The van der Waals surface area contributed by atoms with Crippen LogP contribution in [-0.2, 0) is 0 Å². The molecule has 82 valence electrons. The molecule has 1 aromatic heterocycles. The Hall–Kier alpha value is -1.65. The maximum absolute atomic E-state index is 10.5. The van der Waals surface area contributed by atoms with E-state index in [1.54, 1.807) is 0 Å². The number of hydrogen-bond acceptors (Lipinski definition) is 4. The predicted octanol–water partition coefficient (Wildman–Crippen LogP) is 2.59. The van der Waals surface area contributed by atoms with Crippen molar-refractivity contribution in [2.75, 3.05) is 11.9 Å². The quantitative estimate of drug-likeness (QED) is 0.444. The molecule has 0 amide bonds. The first-order chi connectivity index (χ1) is 7.24. The lowest BCUT2D eigenvalue weighted by atomic mass is 10.2. The van der Waals surface area contributed by atoms with Crippen LogP contribution in [-0.4, -0.2) is 16.5 Å². The molecule has 0 radical (unpaired) electrons. The van der Waals surface area contributed by atoms with Crippen molar-refractivity contribution in [3.05, 3.63) is 28.4 Å². The van der Waals surface area contributed by atoms with Crippen LogP contribution in [0.3, 0.4) is 0 Å². The lowest BCUT2D eigenvalue weighted by Gasteiger charge is -2.03. The Balaban J connectivity index is 2.47. The Morgan fingerprint density at radius 3 is 3.00 bits per heavy atom. The van der Waals surface area contributed by atoms with Crippen molar-refractivity contribution in [1.29, 1.82) is 0 Å². The van der Waals surface area contributed by atoms with E-state index in [4.69, 9.17) is 0 Å². The fourth-order valence-electron chi connectivity index (χ4n) is 1.22. The monoisotopic (exact) mass is 209 g/mol. The van der Waals surface area contributed by atoms with Crippen LogP contribution in [0, 0.1) is 10.1 Å². The molecule has 0 unspecified atom stereocenters. The van der Waals surface area contributed by atoms with E-state index in [2.05, 4.69) is 17.2 Å². The van der Waals surface area contributed by atoms with Gasteiger partial charge in [-0.1, -0.05) is 19.8 Å². The minimum Gasteiger partial charge on any atom is -0.370 e. The van der Waals surface area contributed by atoms with Crippen LogP contribution in [0.5, 0.6) is 0 Å². The van der Waals surface area contributed by atoms with Gasteiger partial charge in [-0.25, -0.2) is 4.98 Å². The molecule has 0 spiro atoms. The zero-order valence-corrected chi connectivity index (χ0v) is 8.77. The lowest BCUT2D eigenvalue weighted by molar-refractivity contribution is -0.384. The molecule has 0 atom stereocenters. The second-order valence-electron chi connectivity index (χ2n) is 3.29. The van der Waals surface area contributed by atoms with E-state index in [0.717, 1.165) is 25.8 Å². The topological polar surface area (TPSA) is 68.1 Å². The minimum absolute atomic E-state index is 0.0722. The van der Waals surface area contributed by atoms with Gasteiger partial charge in [-0.15, -0.1) is 0 Å². The van der Waals surface area contributed by atoms with Crippen molar-refractivity contribution >= 4 is 11.5 Å². The largest absolute Gasteiger partial charge is 0.370 e. The number of nitro groups is 1. The van der Waals surface area contributed by atoms with Crippen molar-refractivity contribution in [2.24, 2.45) is 0 Å². The Labute approximate surface area is 88.7 Å². The fourth-order valence-corrected chi connectivity index (χ4v) is 1.22. The molecule has 5 nitrogen and oxygen atoms in total. The van der Waals surface area contributed by atoms with Crippen LogP contribution < -0.4 is 5.32 Å². The smallest absolute Gasteiger partial charge is 0.274 e. The molecular weight excluding hydrogens is 194 g/mol. The van der Waals surface area contributed by atoms with Crippen LogP contribution in [0.25, 0.3) is 0 Å². The summed E-state index contributed by atoms with van der Waals surface area (Å²) in [6.07, 6.45) is 4.81. The van der Waals surface area contributed by atoms with Crippen molar-refractivity contribution in [3.63, 3.8) is 0 Å². The number of pyridine rings is 1. The molecule has 5 heteroatoms. The fraction of sp³-hybridized carbons (Fsp3) is 0.500. The molecule has 1 heterocycles. The number of unbranched alkanes of at least 4 members (excludes halogenated alkanes) is 2. The van der Waals surface area contributed by atoms with Gasteiger partial charge >= 0.3 is 0 Å². The van der Waals surface area contributed by atoms with Crippen LogP contribution >= 0.6 is 0 Å². The zero-order chi connectivity index (χ0) is 11.1. The summed E-state index contributed by atoms with van der Waals surface area (Å²) < 4.78 is 0. The highest BCUT2D eigenvalue weighted by molar-refractivity contribution is 5.43. The summed E-state index contributed by atoms with van der Waals surface area (Å²) in [5.74, 6) is 0.570. The van der Waals surface area contributed by atoms with Gasteiger partial charge in [0.2, 0.25) is 0 Å². The summed E-state index contributed by atoms with van der Waals surface area (Å²) in [5.41, 5.74) is 0.0722. The van der Waals surface area contributed by atoms with Gasteiger partial charge < -0.3 is 5.32 Å². The third kappa shape index (κ3) is 3.93. The number of hydrogen-bond donors (Lipinski definition) is 1. The highest BCUT2D eigenvalue weighted by Crippen LogP contribution is 2.13. The molecule has 0 aromatic carbocycles. The Morgan fingerprint density at radius 2 is 2.33 bits per heavy atom. The molecule has 1 rings (SSSR count). The van der Waals surface area contributed by atoms with Gasteiger partial charge in [0, 0.05) is 18.8 Å². The number of nitrogens with zero attached hydrogens (tertiary/aromatic N) is 2. The SMILES string of the molecule is CCCCCNc1cc([N+](=O)[O-])ccn1. The average Bonchev–Trinajstić information content (AvgIpc) is 2.25. The molecular formula is C10H15N3O2. The van der Waals surface area contributed by atoms with Crippen LogP contribution in [0.4, 0.5) is 11.5 Å². The molecule has 0 saturated carbocycles. The molecule has 1 N–H and O–H groups in total. The Morgan fingerprint density at radius 1 is 1.53 bits per heavy atom. The second-order valence-corrected chi connectivity index (χ2v) is 3.29. The molecule has 0 saturated heterocycles. The number of anilines is 1. The number of nitrogens with one attached hydrogen (secondary N) is 1. The third-order valence-corrected chi connectivity index (χ3v) is 2.04. The normalized spacial score (nSPS) is 9.93. The van der Waals surface area contributed by atoms with Gasteiger partial charge in [-0.3, -0.25) is 10.1 Å². The molecule has 0 aliphatic heterocycles. The van der Waals surface area contributed by atoms with E-state index >= 15 is 0 Å². The van der Waals surface area contributed by atoms with Crippen LogP contribution in [0.1, 0.15) is 26.2 Å². The van der Waals surface area contributed by atoms with Gasteiger partial charge in [0.25, 0.3) is 5.69 Å². The van der Waals surface area contributed by atoms with Gasteiger partial charge in [0.1, 0.15) is 5.82 Å². The van der Waals surface area contributed by atoms with Gasteiger partial charge in [0.05, 0.1) is 11.0 Å². The van der Waals surface area contributed by atoms with E-state index in [9.17, 15) is 10.1 Å². The van der Waals surface area contributed by atoms with Crippen LogP contribution in [0.15, 0.2) is 18.3 Å². The predicted molar refractivity (Wildman–Crippen MR) is 58.9 cm³/mol. The molecule has 0 fully saturated rings. The van der Waals surface area contributed by atoms with Gasteiger partial charge in [-0.2, -0.15) is 0 Å². The van der Waals surface area contributed by atoms with Crippen molar-refractivity contribution in [1.82, 2.24) is 4.98 Å². The standard InChI is InChI=1S/C10H15N3O2/c1-2-3-4-6-11-10-8-9(13(14)15)5-7-12-10/h5,7-8H,2-4,6H2,1H3,(H,11,12). The highest BCUT2D eigenvalue weighted by atomic mass is 16.6. The lowest BCUT2D eigenvalue weighted by Crippen LogP contribution is -2.03. The molecule has 15 heavy (non-hydrogen) atoms. The summed E-state index contributed by atoms with van der Waals surface area (Å²) in [5, 5.41) is 13.5. The van der Waals surface area contributed by atoms with Crippen molar-refractivity contribution in [2.45, 2.75) is 26.2 Å². The van der Waals surface area contributed by atoms with Gasteiger partial charge in [-0.05, 0) is 6.42 Å². The maximum Gasteiger partial charge on any atom is 0.274 e. The third-order valence-electron chi connectivity index (χ3n) is 2.04. The molecule has 1 aromatic rings. The minimum atomic E-state index is -0.418. The van der Waals surface area contributed by atoms with Gasteiger partial charge in [0.15, 0.2) is 0 Å².